The Morgan fingerprint density at radius 3 is 3.21 bits per heavy atom. The minimum atomic E-state index is -0.101. The summed E-state index contributed by atoms with van der Waals surface area (Å²) in [7, 11) is 0. The zero-order chi connectivity index (χ0) is 13.5. The van der Waals surface area contributed by atoms with Crippen LogP contribution in [0.3, 0.4) is 0 Å². The van der Waals surface area contributed by atoms with Crippen LogP contribution in [0.5, 0.6) is 0 Å². The first-order chi connectivity index (χ1) is 9.33. The van der Waals surface area contributed by atoms with Gasteiger partial charge in [0.1, 0.15) is 5.82 Å². The van der Waals surface area contributed by atoms with Crippen molar-refractivity contribution in [2.45, 2.75) is 23.8 Å². The van der Waals surface area contributed by atoms with Gasteiger partial charge in [-0.25, -0.2) is 4.39 Å². The zero-order valence-electron chi connectivity index (χ0n) is 11.0. The maximum atomic E-state index is 13.7. The van der Waals surface area contributed by atoms with Gasteiger partial charge in [-0.15, -0.1) is 18.3 Å². The third-order valence-corrected chi connectivity index (χ3v) is 4.29. The van der Waals surface area contributed by atoms with Crippen molar-refractivity contribution < 1.29 is 9.13 Å². The Hall–Kier alpha value is -0.840. The molecule has 0 bridgehead atoms. The van der Waals surface area contributed by atoms with E-state index in [-0.39, 0.29) is 11.9 Å². The van der Waals surface area contributed by atoms with Crippen molar-refractivity contribution in [1.82, 2.24) is 5.32 Å². The summed E-state index contributed by atoms with van der Waals surface area (Å²) in [6.45, 7) is 5.85. The third kappa shape index (κ3) is 4.06. The van der Waals surface area contributed by atoms with Crippen LogP contribution in [0.1, 0.15) is 24.4 Å². The molecule has 0 aromatic heterocycles. The van der Waals surface area contributed by atoms with E-state index in [0.29, 0.717) is 6.61 Å². The molecule has 1 aliphatic heterocycles. The number of nitrogens with one attached hydrogen (secondary N) is 1. The van der Waals surface area contributed by atoms with E-state index in [1.165, 1.54) is 6.07 Å². The average Bonchev–Trinajstić information content (AvgIpc) is 2.43. The normalized spacial score (nSPS) is 18.1. The molecule has 0 spiro atoms. The van der Waals surface area contributed by atoms with E-state index in [4.69, 9.17) is 4.74 Å². The van der Waals surface area contributed by atoms with Gasteiger partial charge in [-0.3, -0.25) is 0 Å². The van der Waals surface area contributed by atoms with Crippen LogP contribution in [0.15, 0.2) is 35.7 Å². The highest BCUT2D eigenvalue weighted by atomic mass is 32.2. The molecular formula is C15H20FNOS. The van der Waals surface area contributed by atoms with Crippen molar-refractivity contribution in [3.05, 3.63) is 42.2 Å². The number of fused-ring (bicyclic) bond motifs is 1. The first-order valence-electron chi connectivity index (χ1n) is 6.66. The maximum absolute atomic E-state index is 13.7. The minimum absolute atomic E-state index is 0.101. The Bertz CT molecular complexity index is 425. The highest BCUT2D eigenvalue weighted by molar-refractivity contribution is 7.99. The molecule has 1 N–H and O–H groups in total. The van der Waals surface area contributed by atoms with E-state index >= 15 is 0 Å². The van der Waals surface area contributed by atoms with E-state index in [1.54, 1.807) is 17.8 Å². The fourth-order valence-corrected chi connectivity index (χ4v) is 3.31. The van der Waals surface area contributed by atoms with Crippen LogP contribution in [0.4, 0.5) is 4.39 Å². The van der Waals surface area contributed by atoms with Crippen molar-refractivity contribution in [1.29, 1.82) is 0 Å². The predicted molar refractivity (Wildman–Crippen MR) is 78.1 cm³/mol. The summed E-state index contributed by atoms with van der Waals surface area (Å²) in [6.07, 6.45) is 3.77. The number of rotatable bonds is 7. The van der Waals surface area contributed by atoms with Gasteiger partial charge in [-0.2, -0.15) is 0 Å². The Morgan fingerprint density at radius 1 is 1.47 bits per heavy atom. The summed E-state index contributed by atoms with van der Waals surface area (Å²) in [5.74, 6) is 0.861. The summed E-state index contributed by atoms with van der Waals surface area (Å²) in [4.78, 5) is 0.804. The summed E-state index contributed by atoms with van der Waals surface area (Å²) >= 11 is 1.61. The Morgan fingerprint density at radius 2 is 2.37 bits per heavy atom. The number of ether oxygens (including phenoxy) is 1. The molecule has 1 aliphatic rings. The number of hydrogen-bond acceptors (Lipinski definition) is 3. The Labute approximate surface area is 118 Å². The summed E-state index contributed by atoms with van der Waals surface area (Å²) in [5, 5.41) is 3.45. The molecule has 0 radical (unpaired) electrons. The second-order valence-electron chi connectivity index (χ2n) is 4.49. The summed E-state index contributed by atoms with van der Waals surface area (Å²) < 4.78 is 19.2. The lowest BCUT2D eigenvalue weighted by atomic mass is 10.0. The van der Waals surface area contributed by atoms with Gasteiger partial charge in [0.25, 0.3) is 0 Å². The molecule has 0 aliphatic carbocycles. The van der Waals surface area contributed by atoms with Crippen LogP contribution in [-0.4, -0.2) is 25.5 Å². The van der Waals surface area contributed by atoms with Crippen LogP contribution in [-0.2, 0) is 4.74 Å². The van der Waals surface area contributed by atoms with Crippen LogP contribution >= 0.6 is 11.8 Å². The SMILES string of the molecule is C=CCCOCCNC1CCSc2c(F)cccc21. The molecule has 1 heterocycles. The van der Waals surface area contributed by atoms with Crippen molar-refractivity contribution in [2.24, 2.45) is 0 Å². The van der Waals surface area contributed by atoms with Gasteiger partial charge in [-0.1, -0.05) is 18.2 Å². The van der Waals surface area contributed by atoms with Gasteiger partial charge in [-0.05, 0) is 30.2 Å². The second-order valence-corrected chi connectivity index (χ2v) is 5.60. The lowest BCUT2D eigenvalue weighted by Gasteiger charge is -2.26. The quantitative estimate of drug-likeness (QED) is 0.610. The second kappa shape index (κ2) is 7.68. The Balaban J connectivity index is 1.83. The molecule has 2 nitrogen and oxygen atoms in total. The summed E-state index contributed by atoms with van der Waals surface area (Å²) in [6, 6.07) is 5.58. The number of benzene rings is 1. The molecule has 0 fully saturated rings. The monoisotopic (exact) mass is 281 g/mol. The van der Waals surface area contributed by atoms with Gasteiger partial charge in [0.15, 0.2) is 0 Å². The fraction of sp³-hybridized carbons (Fsp3) is 0.467. The average molecular weight is 281 g/mol. The van der Waals surface area contributed by atoms with Crippen molar-refractivity contribution in [2.75, 3.05) is 25.5 Å². The number of thioether (sulfide) groups is 1. The van der Waals surface area contributed by atoms with Crippen molar-refractivity contribution >= 4 is 11.8 Å². The zero-order valence-corrected chi connectivity index (χ0v) is 11.8. The highest BCUT2D eigenvalue weighted by Gasteiger charge is 2.22. The van der Waals surface area contributed by atoms with E-state index < -0.39 is 0 Å². The fourth-order valence-electron chi connectivity index (χ4n) is 2.17. The molecule has 1 unspecified atom stereocenters. The maximum Gasteiger partial charge on any atom is 0.137 e. The molecule has 0 saturated carbocycles. The Kier molecular flexibility index (Phi) is 5.89. The van der Waals surface area contributed by atoms with Crippen molar-refractivity contribution in [3.63, 3.8) is 0 Å². The first-order valence-corrected chi connectivity index (χ1v) is 7.64. The van der Waals surface area contributed by atoms with E-state index in [1.807, 2.05) is 12.1 Å². The molecule has 0 amide bonds. The topological polar surface area (TPSA) is 21.3 Å². The third-order valence-electron chi connectivity index (χ3n) is 3.13. The van der Waals surface area contributed by atoms with E-state index in [0.717, 1.165) is 42.2 Å². The van der Waals surface area contributed by atoms with Gasteiger partial charge in [0.05, 0.1) is 13.2 Å². The van der Waals surface area contributed by atoms with Gasteiger partial charge < -0.3 is 10.1 Å². The van der Waals surface area contributed by atoms with Crippen LogP contribution in [0.2, 0.25) is 0 Å². The predicted octanol–water partition coefficient (Wildman–Crippen LogP) is 3.54. The lowest BCUT2D eigenvalue weighted by molar-refractivity contribution is 0.138. The lowest BCUT2D eigenvalue weighted by Crippen LogP contribution is -2.28. The molecule has 2 rings (SSSR count). The number of halogens is 1. The number of hydrogen-bond donors (Lipinski definition) is 1. The van der Waals surface area contributed by atoms with Crippen LogP contribution in [0.25, 0.3) is 0 Å². The van der Waals surface area contributed by atoms with Gasteiger partial charge in [0, 0.05) is 17.5 Å². The molecule has 1 aromatic rings. The largest absolute Gasteiger partial charge is 0.380 e. The molecular weight excluding hydrogens is 261 g/mol. The molecule has 4 heteroatoms. The van der Waals surface area contributed by atoms with Crippen LogP contribution < -0.4 is 5.32 Å². The molecule has 19 heavy (non-hydrogen) atoms. The summed E-state index contributed by atoms with van der Waals surface area (Å²) in [5.41, 5.74) is 1.09. The minimum Gasteiger partial charge on any atom is -0.380 e. The standard InChI is InChI=1S/C15H20FNOS/c1-2-3-9-18-10-8-17-14-7-11-19-15-12(14)5-4-6-13(15)16/h2,4-6,14,17H,1,3,7-11H2. The molecule has 1 atom stereocenters. The highest BCUT2D eigenvalue weighted by Crippen LogP contribution is 2.37. The van der Waals surface area contributed by atoms with Gasteiger partial charge >= 0.3 is 0 Å². The molecule has 0 saturated heterocycles. The van der Waals surface area contributed by atoms with Gasteiger partial charge in [0.2, 0.25) is 0 Å². The smallest absolute Gasteiger partial charge is 0.137 e. The van der Waals surface area contributed by atoms with Crippen molar-refractivity contribution in [3.8, 4) is 0 Å². The van der Waals surface area contributed by atoms with Crippen LogP contribution in [0, 0.1) is 5.82 Å². The van der Waals surface area contributed by atoms with E-state index in [2.05, 4.69) is 11.9 Å². The molecule has 1 aromatic carbocycles. The first kappa shape index (κ1) is 14.6. The van der Waals surface area contributed by atoms with E-state index in [9.17, 15) is 4.39 Å². The molecule has 104 valence electrons.